The Bertz CT molecular complexity index is 878. The maximum Gasteiger partial charge on any atom is 0.230 e. The summed E-state index contributed by atoms with van der Waals surface area (Å²) in [5.41, 5.74) is 0. The summed E-state index contributed by atoms with van der Waals surface area (Å²) >= 11 is 1.15. The monoisotopic (exact) mass is 423 g/mol. The van der Waals surface area contributed by atoms with Crippen molar-refractivity contribution in [3.8, 4) is 11.8 Å². The normalized spacial score (nSPS) is 22.3. The molecule has 1 amide bonds. The number of anilines is 1. The topological polar surface area (TPSA) is 98.7 Å². The number of carbonyl (C=O) groups is 1. The molecule has 2 saturated heterocycles. The largest absolute Gasteiger partial charge is 0.473 e. The van der Waals surface area contributed by atoms with Crippen LogP contribution in [0.4, 0.5) is 9.52 Å². The first-order chi connectivity index (χ1) is 14.0. The molecule has 9 nitrogen and oxygen atoms in total. The molecule has 2 aliphatic rings. The van der Waals surface area contributed by atoms with Crippen molar-refractivity contribution < 1.29 is 23.4 Å². The molecule has 0 spiro atoms. The maximum absolute atomic E-state index is 14.1. The van der Waals surface area contributed by atoms with Crippen molar-refractivity contribution in [2.45, 2.75) is 45.1 Å². The molecule has 11 heteroatoms. The summed E-state index contributed by atoms with van der Waals surface area (Å²) in [7, 11) is 0. The lowest BCUT2D eigenvalue weighted by atomic mass is 10.2. The molecule has 0 aliphatic carbocycles. The minimum absolute atomic E-state index is 0.0245. The minimum Gasteiger partial charge on any atom is -0.473 e. The van der Waals surface area contributed by atoms with Crippen molar-refractivity contribution in [1.82, 2.24) is 19.9 Å². The molecule has 2 atom stereocenters. The molecule has 2 fully saturated rings. The molecule has 2 aliphatic heterocycles. The van der Waals surface area contributed by atoms with Gasteiger partial charge in [-0.2, -0.15) is 9.37 Å². The first-order valence-electron chi connectivity index (χ1n) is 9.36. The molecular formula is C18H22FN5O4S. The summed E-state index contributed by atoms with van der Waals surface area (Å²) in [5.74, 6) is 0.0915. The molecule has 2 aromatic heterocycles. The van der Waals surface area contributed by atoms with Gasteiger partial charge in [0.05, 0.1) is 24.2 Å². The van der Waals surface area contributed by atoms with Gasteiger partial charge >= 0.3 is 0 Å². The van der Waals surface area contributed by atoms with E-state index in [0.29, 0.717) is 42.9 Å². The highest BCUT2D eigenvalue weighted by atomic mass is 32.1. The van der Waals surface area contributed by atoms with E-state index in [1.165, 1.54) is 13.3 Å². The highest BCUT2D eigenvalue weighted by Gasteiger charge is 2.32. The van der Waals surface area contributed by atoms with Crippen molar-refractivity contribution in [2.24, 2.45) is 0 Å². The number of likely N-dealkylation sites (tertiary alicyclic amines) is 1. The second-order valence-electron chi connectivity index (χ2n) is 7.14. The van der Waals surface area contributed by atoms with Crippen LogP contribution in [-0.2, 0) is 16.1 Å². The van der Waals surface area contributed by atoms with Crippen LogP contribution in [0, 0.1) is 5.95 Å². The lowest BCUT2D eigenvalue weighted by molar-refractivity contribution is -0.114. The number of hydrogen-bond donors (Lipinski definition) is 1. The third-order valence-electron chi connectivity index (χ3n) is 4.74. The van der Waals surface area contributed by atoms with Gasteiger partial charge in [0, 0.05) is 32.5 Å². The van der Waals surface area contributed by atoms with Gasteiger partial charge in [0.15, 0.2) is 5.13 Å². The Balaban J connectivity index is 1.34. The van der Waals surface area contributed by atoms with E-state index in [0.717, 1.165) is 17.8 Å². The van der Waals surface area contributed by atoms with Gasteiger partial charge in [-0.1, -0.05) is 11.3 Å². The minimum atomic E-state index is -0.548. The van der Waals surface area contributed by atoms with E-state index in [-0.39, 0.29) is 29.3 Å². The highest BCUT2D eigenvalue weighted by molar-refractivity contribution is 7.15. The van der Waals surface area contributed by atoms with Crippen LogP contribution in [-0.4, -0.2) is 63.8 Å². The molecule has 0 aromatic carbocycles. The fourth-order valence-corrected chi connectivity index (χ4v) is 4.16. The van der Waals surface area contributed by atoms with Crippen LogP contribution in [0.3, 0.4) is 0 Å². The van der Waals surface area contributed by atoms with Gasteiger partial charge in [0.1, 0.15) is 18.5 Å². The molecule has 29 heavy (non-hydrogen) atoms. The van der Waals surface area contributed by atoms with Gasteiger partial charge in [-0.25, -0.2) is 9.97 Å². The number of ether oxygens (including phenoxy) is 3. The molecule has 0 unspecified atom stereocenters. The smallest absolute Gasteiger partial charge is 0.230 e. The van der Waals surface area contributed by atoms with Gasteiger partial charge in [-0.15, -0.1) is 0 Å². The van der Waals surface area contributed by atoms with E-state index in [4.69, 9.17) is 14.2 Å². The number of carbonyl (C=O) groups excluding carboxylic acids is 1. The van der Waals surface area contributed by atoms with Gasteiger partial charge in [-0.05, 0) is 6.92 Å². The molecule has 0 saturated carbocycles. The van der Waals surface area contributed by atoms with E-state index in [9.17, 15) is 9.18 Å². The maximum atomic E-state index is 14.1. The summed E-state index contributed by atoms with van der Waals surface area (Å²) in [6.07, 6.45) is 2.15. The standard InChI is InChI=1S/C18H22FN5O4S/c1-10-3-12(27-15-4-16(21-9-20-15)28-13-7-26-8-13)5-24(10)6-14-17(19)23-18(29-14)22-11(2)25/h4,9-10,12-13H,3,5-8H2,1-2H3,(H,22,23,25)/t10-,12+/m0/s1. The van der Waals surface area contributed by atoms with Gasteiger partial charge in [-0.3, -0.25) is 9.69 Å². The van der Waals surface area contributed by atoms with Crippen molar-refractivity contribution in [3.63, 3.8) is 0 Å². The number of rotatable bonds is 7. The van der Waals surface area contributed by atoms with E-state index in [1.807, 2.05) is 0 Å². The van der Waals surface area contributed by atoms with Crippen molar-refractivity contribution >= 4 is 22.4 Å². The fraction of sp³-hybridized carbons (Fsp3) is 0.556. The Morgan fingerprint density at radius 2 is 2.07 bits per heavy atom. The van der Waals surface area contributed by atoms with Gasteiger partial charge in [0.2, 0.25) is 23.6 Å². The Morgan fingerprint density at radius 3 is 2.72 bits per heavy atom. The van der Waals surface area contributed by atoms with Crippen molar-refractivity contribution in [3.05, 3.63) is 23.2 Å². The average Bonchev–Trinajstić information content (AvgIpc) is 3.13. The molecule has 2 aromatic rings. The SMILES string of the molecule is CC(=O)Nc1nc(F)c(CN2C[C@H](Oc3cc(OC4COC4)ncn3)C[C@@H]2C)s1. The number of hydrogen-bond acceptors (Lipinski definition) is 9. The van der Waals surface area contributed by atoms with E-state index in [2.05, 4.69) is 32.1 Å². The number of aromatic nitrogens is 3. The summed E-state index contributed by atoms with van der Waals surface area (Å²) in [4.78, 5) is 25.8. The fourth-order valence-electron chi connectivity index (χ4n) is 3.25. The third kappa shape index (κ3) is 4.98. The molecule has 0 radical (unpaired) electrons. The van der Waals surface area contributed by atoms with Gasteiger partial charge < -0.3 is 19.5 Å². The second kappa shape index (κ2) is 8.56. The summed E-state index contributed by atoms with van der Waals surface area (Å²) < 4.78 is 30.9. The highest BCUT2D eigenvalue weighted by Crippen LogP contribution is 2.29. The van der Waals surface area contributed by atoms with Crippen LogP contribution >= 0.6 is 11.3 Å². The van der Waals surface area contributed by atoms with Crippen LogP contribution < -0.4 is 14.8 Å². The molecule has 4 heterocycles. The van der Waals surface area contributed by atoms with Crippen LogP contribution in [0.15, 0.2) is 12.4 Å². The van der Waals surface area contributed by atoms with Crippen molar-refractivity contribution in [2.75, 3.05) is 25.1 Å². The zero-order valence-electron chi connectivity index (χ0n) is 16.1. The molecule has 156 valence electrons. The van der Waals surface area contributed by atoms with E-state index >= 15 is 0 Å². The van der Waals surface area contributed by atoms with E-state index < -0.39 is 5.95 Å². The Hall–Kier alpha value is -2.37. The summed E-state index contributed by atoms with van der Waals surface area (Å²) in [5, 5.41) is 2.80. The summed E-state index contributed by atoms with van der Waals surface area (Å²) in [6, 6.07) is 1.88. The number of amides is 1. The lowest BCUT2D eigenvalue weighted by Crippen LogP contribution is -2.38. The van der Waals surface area contributed by atoms with Crippen LogP contribution in [0.2, 0.25) is 0 Å². The molecule has 0 bridgehead atoms. The Labute approximate surface area is 171 Å². The molecule has 4 rings (SSSR count). The average molecular weight is 423 g/mol. The first kappa shape index (κ1) is 19.9. The molecular weight excluding hydrogens is 401 g/mol. The van der Waals surface area contributed by atoms with Crippen molar-refractivity contribution in [1.29, 1.82) is 0 Å². The summed E-state index contributed by atoms with van der Waals surface area (Å²) in [6.45, 7) is 5.60. The first-order valence-corrected chi connectivity index (χ1v) is 10.2. The number of nitrogens with one attached hydrogen (secondary N) is 1. The Morgan fingerprint density at radius 1 is 1.34 bits per heavy atom. The van der Waals surface area contributed by atoms with Crippen LogP contribution in [0.25, 0.3) is 0 Å². The van der Waals surface area contributed by atoms with Crippen LogP contribution in [0.5, 0.6) is 11.8 Å². The number of thiazole rings is 1. The number of nitrogens with zero attached hydrogens (tertiary/aromatic N) is 4. The van der Waals surface area contributed by atoms with Crippen LogP contribution in [0.1, 0.15) is 25.1 Å². The predicted molar refractivity (Wildman–Crippen MR) is 103 cm³/mol. The number of halogens is 1. The quantitative estimate of drug-likeness (QED) is 0.721. The van der Waals surface area contributed by atoms with E-state index in [1.54, 1.807) is 6.07 Å². The predicted octanol–water partition coefficient (Wildman–Crippen LogP) is 1.85. The zero-order valence-corrected chi connectivity index (χ0v) is 16.9. The second-order valence-corrected chi connectivity index (χ2v) is 8.22. The zero-order chi connectivity index (χ0) is 20.4. The Kier molecular flexibility index (Phi) is 5.88. The van der Waals surface area contributed by atoms with Gasteiger partial charge in [0.25, 0.3) is 0 Å². The molecule has 1 N–H and O–H groups in total. The third-order valence-corrected chi connectivity index (χ3v) is 5.67. The lowest BCUT2D eigenvalue weighted by Gasteiger charge is -2.26.